The Bertz CT molecular complexity index is 537. The Hall–Kier alpha value is -2.41. The first-order chi connectivity index (χ1) is 14.1. The average Bonchev–Trinajstić information content (AvgIpc) is 2.76. The lowest BCUT2D eigenvalue weighted by Crippen LogP contribution is -2.48. The predicted molar refractivity (Wildman–Crippen MR) is 114 cm³/mol. The second-order valence-corrected chi connectivity index (χ2v) is 7.81. The van der Waals surface area contributed by atoms with Crippen molar-refractivity contribution in [2.24, 2.45) is 29.1 Å². The van der Waals surface area contributed by atoms with E-state index >= 15 is 0 Å². The average molecular weight is 425 g/mol. The molecule has 0 saturated heterocycles. The van der Waals surface area contributed by atoms with Crippen LogP contribution in [0.25, 0.3) is 0 Å². The maximum atomic E-state index is 11.6. The smallest absolute Gasteiger partial charge is 0.330 e. The van der Waals surface area contributed by atoms with E-state index < -0.39 is 23.3 Å². The summed E-state index contributed by atoms with van der Waals surface area (Å²) in [5, 5.41) is 9.72. The fourth-order valence-corrected chi connectivity index (χ4v) is 3.99. The monoisotopic (exact) mass is 424 g/mol. The molecule has 0 aliphatic rings. The first kappa shape index (κ1) is 27.6. The fraction of sp³-hybridized carbons (Fsp3) is 0.609. The first-order valence-electron chi connectivity index (χ1n) is 10.1. The highest BCUT2D eigenvalue weighted by Gasteiger charge is 2.47. The number of carbonyl (C=O) groups excluding carboxylic acids is 3. The van der Waals surface area contributed by atoms with Crippen molar-refractivity contribution in [3.05, 3.63) is 38.0 Å². The Morgan fingerprint density at radius 2 is 1.07 bits per heavy atom. The number of ether oxygens (including phenoxy) is 3. The van der Waals surface area contributed by atoms with E-state index in [0.717, 1.165) is 18.2 Å². The van der Waals surface area contributed by atoms with Crippen LogP contribution in [0, 0.1) is 29.1 Å². The van der Waals surface area contributed by atoms with Crippen molar-refractivity contribution < 1.29 is 33.7 Å². The molecule has 0 spiro atoms. The second kappa shape index (κ2) is 13.7. The summed E-state index contributed by atoms with van der Waals surface area (Å²) in [6.45, 7) is 18.2. The van der Waals surface area contributed by atoms with Gasteiger partial charge in [-0.25, -0.2) is 14.4 Å². The van der Waals surface area contributed by atoms with Gasteiger partial charge in [0, 0.05) is 24.8 Å². The summed E-state index contributed by atoms with van der Waals surface area (Å²) in [4.78, 5) is 34.9. The fourth-order valence-electron chi connectivity index (χ4n) is 3.99. The molecule has 0 heterocycles. The summed E-state index contributed by atoms with van der Waals surface area (Å²) in [5.74, 6) is -2.31. The zero-order chi connectivity index (χ0) is 23.3. The quantitative estimate of drug-likeness (QED) is 0.245. The van der Waals surface area contributed by atoms with Crippen molar-refractivity contribution in [2.45, 2.75) is 34.1 Å². The van der Waals surface area contributed by atoms with Gasteiger partial charge in [0.2, 0.25) is 0 Å². The second-order valence-electron chi connectivity index (χ2n) is 7.81. The maximum Gasteiger partial charge on any atom is 0.330 e. The number of aliphatic hydroxyl groups is 1. The SMILES string of the molecule is C=CC(=O)OCC(C)C(CC(C)CO)(C(C)COC(=O)C=C)C(C)COC(=O)C=C. The third-order valence-corrected chi connectivity index (χ3v) is 5.69. The molecule has 1 N–H and O–H groups in total. The van der Waals surface area contributed by atoms with E-state index in [2.05, 4.69) is 19.7 Å². The standard InChI is InChI=1S/C23H36O7/c1-8-20(25)28-13-17(5)23(11-16(4)12-24,18(6)14-29-21(26)9-2)19(7)15-30-22(27)10-3/h8-10,16-19,24H,1-3,11-15H2,4-7H3. The van der Waals surface area contributed by atoms with Gasteiger partial charge in [0.15, 0.2) is 0 Å². The summed E-state index contributed by atoms with van der Waals surface area (Å²) in [6.07, 6.45) is 3.82. The van der Waals surface area contributed by atoms with Gasteiger partial charge in [-0.1, -0.05) is 47.4 Å². The van der Waals surface area contributed by atoms with Crippen LogP contribution in [0.1, 0.15) is 34.1 Å². The summed E-state index contributed by atoms with van der Waals surface area (Å²) >= 11 is 0. The normalized spacial score (nSPS) is 16.7. The summed E-state index contributed by atoms with van der Waals surface area (Å²) in [7, 11) is 0. The van der Waals surface area contributed by atoms with Gasteiger partial charge in [-0.2, -0.15) is 0 Å². The number of rotatable bonds is 15. The molecule has 7 heteroatoms. The van der Waals surface area contributed by atoms with Gasteiger partial charge in [0.05, 0.1) is 19.8 Å². The molecule has 0 aromatic heterocycles. The van der Waals surface area contributed by atoms with Crippen molar-refractivity contribution in [2.75, 3.05) is 26.4 Å². The lowest BCUT2D eigenvalue weighted by molar-refractivity contribution is -0.151. The van der Waals surface area contributed by atoms with Crippen molar-refractivity contribution in [3.63, 3.8) is 0 Å². The lowest BCUT2D eigenvalue weighted by atomic mass is 9.57. The molecule has 0 aromatic rings. The summed E-state index contributed by atoms with van der Waals surface area (Å²) in [5.41, 5.74) is -0.591. The van der Waals surface area contributed by atoms with Crippen LogP contribution in [0.4, 0.5) is 0 Å². The Balaban J connectivity index is 6.00. The first-order valence-corrected chi connectivity index (χ1v) is 10.1. The third-order valence-electron chi connectivity index (χ3n) is 5.69. The van der Waals surface area contributed by atoms with Crippen LogP contribution >= 0.6 is 0 Å². The van der Waals surface area contributed by atoms with E-state index in [1.165, 1.54) is 0 Å². The van der Waals surface area contributed by atoms with Crippen molar-refractivity contribution >= 4 is 17.9 Å². The topological polar surface area (TPSA) is 99.1 Å². The molecule has 0 aliphatic heterocycles. The minimum atomic E-state index is -0.591. The number of aliphatic hydroxyl groups excluding tert-OH is 1. The minimum absolute atomic E-state index is 0.0424. The minimum Gasteiger partial charge on any atom is -0.462 e. The molecule has 0 saturated carbocycles. The van der Waals surface area contributed by atoms with Gasteiger partial charge in [-0.05, 0) is 35.5 Å². The Labute approximate surface area is 179 Å². The Kier molecular flexibility index (Phi) is 12.6. The highest BCUT2D eigenvalue weighted by atomic mass is 16.5. The van der Waals surface area contributed by atoms with E-state index in [1.807, 2.05) is 27.7 Å². The van der Waals surface area contributed by atoms with E-state index in [0.29, 0.717) is 6.42 Å². The van der Waals surface area contributed by atoms with Crippen molar-refractivity contribution in [1.82, 2.24) is 0 Å². The van der Waals surface area contributed by atoms with Crippen LogP contribution in [0.3, 0.4) is 0 Å². The van der Waals surface area contributed by atoms with Crippen LogP contribution in [0.5, 0.6) is 0 Å². The highest BCUT2D eigenvalue weighted by Crippen LogP contribution is 2.48. The Morgan fingerprint density at radius 1 is 0.767 bits per heavy atom. The maximum absolute atomic E-state index is 11.6. The predicted octanol–water partition coefficient (Wildman–Crippen LogP) is 3.09. The number of hydrogen-bond acceptors (Lipinski definition) is 7. The molecule has 4 unspecified atom stereocenters. The highest BCUT2D eigenvalue weighted by molar-refractivity contribution is 5.81. The van der Waals surface area contributed by atoms with Crippen LogP contribution < -0.4 is 0 Å². The third kappa shape index (κ3) is 8.14. The van der Waals surface area contributed by atoms with Crippen molar-refractivity contribution in [1.29, 1.82) is 0 Å². The van der Waals surface area contributed by atoms with Gasteiger partial charge in [-0.3, -0.25) is 0 Å². The molecule has 0 fully saturated rings. The molecule has 0 aliphatic carbocycles. The van der Waals surface area contributed by atoms with Gasteiger partial charge >= 0.3 is 17.9 Å². The number of carbonyl (C=O) groups is 3. The molecule has 0 amide bonds. The molecular weight excluding hydrogens is 388 g/mol. The van der Waals surface area contributed by atoms with Gasteiger partial charge in [0.1, 0.15) is 0 Å². The lowest BCUT2D eigenvalue weighted by Gasteiger charge is -2.49. The van der Waals surface area contributed by atoms with E-state index in [4.69, 9.17) is 14.2 Å². The number of esters is 3. The Morgan fingerprint density at radius 3 is 1.30 bits per heavy atom. The molecule has 0 bridgehead atoms. The molecule has 4 atom stereocenters. The van der Waals surface area contributed by atoms with Gasteiger partial charge in [-0.15, -0.1) is 0 Å². The van der Waals surface area contributed by atoms with Gasteiger partial charge < -0.3 is 19.3 Å². The molecule has 7 nitrogen and oxygen atoms in total. The van der Waals surface area contributed by atoms with E-state index in [-0.39, 0.29) is 50.1 Å². The van der Waals surface area contributed by atoms with E-state index in [9.17, 15) is 19.5 Å². The zero-order valence-corrected chi connectivity index (χ0v) is 18.6. The molecule has 0 radical (unpaired) electrons. The largest absolute Gasteiger partial charge is 0.462 e. The zero-order valence-electron chi connectivity index (χ0n) is 18.6. The van der Waals surface area contributed by atoms with Gasteiger partial charge in [0.25, 0.3) is 0 Å². The molecule has 30 heavy (non-hydrogen) atoms. The molecular formula is C23H36O7. The molecule has 170 valence electrons. The van der Waals surface area contributed by atoms with Crippen LogP contribution in [0.15, 0.2) is 38.0 Å². The van der Waals surface area contributed by atoms with E-state index in [1.54, 1.807) is 0 Å². The summed E-state index contributed by atoms with van der Waals surface area (Å²) < 4.78 is 15.9. The van der Waals surface area contributed by atoms with Crippen LogP contribution in [-0.4, -0.2) is 49.4 Å². The summed E-state index contributed by atoms with van der Waals surface area (Å²) in [6, 6.07) is 0. The van der Waals surface area contributed by atoms with Crippen LogP contribution in [0.2, 0.25) is 0 Å². The number of hydrogen-bond donors (Lipinski definition) is 1. The van der Waals surface area contributed by atoms with Crippen LogP contribution in [-0.2, 0) is 28.6 Å². The molecule has 0 rings (SSSR count). The molecule has 0 aromatic carbocycles. The van der Waals surface area contributed by atoms with Crippen molar-refractivity contribution in [3.8, 4) is 0 Å².